The van der Waals surface area contributed by atoms with E-state index in [1.807, 2.05) is 6.08 Å². The lowest BCUT2D eigenvalue weighted by molar-refractivity contribution is 0.373. The number of phenolic OH excluding ortho intramolecular Hbond substituents is 6. The third-order valence-corrected chi connectivity index (χ3v) is 6.15. The van der Waals surface area contributed by atoms with Gasteiger partial charge in [0.05, 0.1) is 14.2 Å². The number of hydrogen-bond donors (Lipinski definition) is 6. The average molecular weight is 517 g/mol. The normalized spacial score (nSPS) is 12.2. The number of hydrogen-bond acceptors (Lipinski definition) is 8. The molecule has 1 unspecified atom stereocenters. The smallest absolute Gasteiger partial charge is 0.161 e. The highest BCUT2D eigenvalue weighted by Crippen LogP contribution is 2.42. The van der Waals surface area contributed by atoms with Crippen LogP contribution >= 0.6 is 0 Å². The van der Waals surface area contributed by atoms with Gasteiger partial charge in [-0.05, 0) is 82.8 Å². The fraction of sp³-hybridized carbons (Fsp3) is 0.133. The minimum atomic E-state index is -0.494. The first-order chi connectivity index (χ1) is 18.2. The number of methoxy groups -OCH3 is 2. The molecule has 0 aliphatic carbocycles. The van der Waals surface area contributed by atoms with Gasteiger partial charge in [0, 0.05) is 18.1 Å². The highest BCUT2D eigenvalue weighted by atomic mass is 16.5. The zero-order chi connectivity index (χ0) is 27.4. The molecule has 0 radical (unpaired) electrons. The molecule has 0 saturated carbocycles. The molecule has 0 saturated heterocycles. The van der Waals surface area contributed by atoms with Gasteiger partial charge in [-0.15, -0.1) is 0 Å². The van der Waals surface area contributed by atoms with Gasteiger partial charge < -0.3 is 40.1 Å². The molecule has 4 rings (SSSR count). The minimum absolute atomic E-state index is 0.0312. The van der Waals surface area contributed by atoms with Crippen molar-refractivity contribution >= 4 is 11.6 Å². The summed E-state index contributed by atoms with van der Waals surface area (Å²) in [5.41, 5.74) is 3.11. The fourth-order valence-corrected chi connectivity index (χ4v) is 4.44. The van der Waals surface area contributed by atoms with Crippen molar-refractivity contribution in [3.05, 3.63) is 95.1 Å². The highest BCUT2D eigenvalue weighted by molar-refractivity contribution is 5.87. The van der Waals surface area contributed by atoms with Crippen LogP contribution in [-0.4, -0.2) is 44.9 Å². The van der Waals surface area contributed by atoms with Crippen LogP contribution in [0.1, 0.15) is 28.2 Å². The molecular weight excluding hydrogens is 488 g/mol. The van der Waals surface area contributed by atoms with Crippen LogP contribution in [0.4, 0.5) is 0 Å². The number of aromatic hydroxyl groups is 6. The molecule has 0 spiro atoms. The number of ether oxygens (including phenoxy) is 2. The van der Waals surface area contributed by atoms with Gasteiger partial charge >= 0.3 is 0 Å². The van der Waals surface area contributed by atoms with Crippen molar-refractivity contribution in [2.75, 3.05) is 14.2 Å². The van der Waals surface area contributed by atoms with Gasteiger partial charge in [0.1, 0.15) is 23.0 Å². The van der Waals surface area contributed by atoms with Gasteiger partial charge in [0.25, 0.3) is 0 Å². The zero-order valence-corrected chi connectivity index (χ0v) is 20.8. The van der Waals surface area contributed by atoms with E-state index in [1.54, 1.807) is 24.3 Å². The van der Waals surface area contributed by atoms with E-state index in [0.29, 0.717) is 27.8 Å². The predicted molar refractivity (Wildman–Crippen MR) is 143 cm³/mol. The molecule has 0 aromatic heterocycles. The zero-order valence-electron chi connectivity index (χ0n) is 20.8. The van der Waals surface area contributed by atoms with Gasteiger partial charge in [0.2, 0.25) is 0 Å². The first-order valence-electron chi connectivity index (χ1n) is 11.7. The van der Waals surface area contributed by atoms with E-state index in [0.717, 1.165) is 0 Å². The Hall–Kier alpha value is -4.98. The van der Waals surface area contributed by atoms with Gasteiger partial charge in [-0.1, -0.05) is 18.2 Å². The number of rotatable bonds is 8. The second-order valence-corrected chi connectivity index (χ2v) is 8.81. The molecule has 4 aromatic rings. The maximum Gasteiger partial charge on any atom is 0.161 e. The Balaban J connectivity index is 1.98. The van der Waals surface area contributed by atoms with Crippen molar-refractivity contribution in [2.24, 2.45) is 0 Å². The third-order valence-electron chi connectivity index (χ3n) is 6.15. The van der Waals surface area contributed by atoms with Gasteiger partial charge in [-0.2, -0.15) is 0 Å². The Morgan fingerprint density at radius 2 is 1.18 bits per heavy atom. The molecule has 0 aliphatic heterocycles. The molecule has 196 valence electrons. The molecule has 6 N–H and O–H groups in total. The molecule has 0 amide bonds. The SMILES string of the molecule is COc1cc(/C=C(/c2cc(O)cc(O)c2)C(Cc2cc(O)cc(O)c2)c2ccc(O)c(OC)c2)ccc1O. The summed E-state index contributed by atoms with van der Waals surface area (Å²) in [5.74, 6) is -0.570. The fourth-order valence-electron chi connectivity index (χ4n) is 4.44. The van der Waals surface area contributed by atoms with Crippen LogP contribution in [0.3, 0.4) is 0 Å². The van der Waals surface area contributed by atoms with Gasteiger partial charge in [-0.3, -0.25) is 0 Å². The van der Waals surface area contributed by atoms with E-state index in [2.05, 4.69) is 0 Å². The van der Waals surface area contributed by atoms with E-state index in [1.165, 1.54) is 62.8 Å². The first kappa shape index (κ1) is 26.1. The average Bonchev–Trinajstić information content (AvgIpc) is 2.86. The Kier molecular flexibility index (Phi) is 7.53. The summed E-state index contributed by atoms with van der Waals surface area (Å²) in [6, 6.07) is 18.3. The molecule has 0 bridgehead atoms. The van der Waals surface area contributed by atoms with Crippen LogP contribution < -0.4 is 9.47 Å². The van der Waals surface area contributed by atoms with Gasteiger partial charge in [0.15, 0.2) is 23.0 Å². The molecule has 4 aromatic carbocycles. The Labute approximate surface area is 219 Å². The van der Waals surface area contributed by atoms with Crippen LogP contribution in [0.25, 0.3) is 11.6 Å². The Bertz CT molecular complexity index is 1450. The maximum atomic E-state index is 10.3. The molecule has 0 aliphatic rings. The number of allylic oxidation sites excluding steroid dienone is 1. The monoisotopic (exact) mass is 516 g/mol. The molecule has 8 heteroatoms. The molecule has 0 fully saturated rings. The molecule has 1 atom stereocenters. The second-order valence-electron chi connectivity index (χ2n) is 8.81. The summed E-state index contributed by atoms with van der Waals surface area (Å²) >= 11 is 0. The summed E-state index contributed by atoms with van der Waals surface area (Å²) in [7, 11) is 2.88. The lowest BCUT2D eigenvalue weighted by Crippen LogP contribution is -2.07. The number of benzene rings is 4. The van der Waals surface area contributed by atoms with E-state index >= 15 is 0 Å². The van der Waals surface area contributed by atoms with Crippen LogP contribution in [0.2, 0.25) is 0 Å². The van der Waals surface area contributed by atoms with E-state index in [-0.39, 0.29) is 52.4 Å². The topological polar surface area (TPSA) is 140 Å². The summed E-state index contributed by atoms with van der Waals surface area (Å²) in [6.07, 6.45) is 2.09. The molecule has 0 heterocycles. The van der Waals surface area contributed by atoms with Crippen LogP contribution in [-0.2, 0) is 6.42 Å². The second kappa shape index (κ2) is 11.0. The van der Waals surface area contributed by atoms with Crippen LogP contribution in [0.5, 0.6) is 46.0 Å². The van der Waals surface area contributed by atoms with Crippen molar-refractivity contribution in [1.82, 2.24) is 0 Å². The van der Waals surface area contributed by atoms with Crippen molar-refractivity contribution < 1.29 is 40.1 Å². The summed E-state index contributed by atoms with van der Waals surface area (Å²) in [5, 5.41) is 61.1. The van der Waals surface area contributed by atoms with Gasteiger partial charge in [-0.25, -0.2) is 0 Å². The van der Waals surface area contributed by atoms with E-state index in [4.69, 9.17) is 9.47 Å². The van der Waals surface area contributed by atoms with Crippen molar-refractivity contribution in [1.29, 1.82) is 0 Å². The summed E-state index contributed by atoms with van der Waals surface area (Å²) < 4.78 is 10.6. The minimum Gasteiger partial charge on any atom is -0.508 e. The lowest BCUT2D eigenvalue weighted by atomic mass is 9.81. The largest absolute Gasteiger partial charge is 0.508 e. The van der Waals surface area contributed by atoms with E-state index in [9.17, 15) is 30.6 Å². The van der Waals surface area contributed by atoms with Crippen LogP contribution in [0, 0.1) is 0 Å². The Morgan fingerprint density at radius 3 is 1.76 bits per heavy atom. The quantitative estimate of drug-likeness (QED) is 0.169. The molecular formula is C30H28O8. The third kappa shape index (κ3) is 5.87. The van der Waals surface area contributed by atoms with Crippen molar-refractivity contribution in [3.63, 3.8) is 0 Å². The maximum absolute atomic E-state index is 10.3. The number of phenols is 6. The predicted octanol–water partition coefficient (Wildman–Crippen LogP) is 5.50. The molecule has 8 nitrogen and oxygen atoms in total. The summed E-state index contributed by atoms with van der Waals surface area (Å²) in [6.45, 7) is 0. The van der Waals surface area contributed by atoms with Crippen molar-refractivity contribution in [3.8, 4) is 46.0 Å². The lowest BCUT2D eigenvalue weighted by Gasteiger charge is -2.24. The van der Waals surface area contributed by atoms with Crippen LogP contribution in [0.15, 0.2) is 72.8 Å². The first-order valence-corrected chi connectivity index (χ1v) is 11.7. The highest BCUT2D eigenvalue weighted by Gasteiger charge is 2.23. The summed E-state index contributed by atoms with van der Waals surface area (Å²) in [4.78, 5) is 0. The standard InChI is InChI=1S/C30H28O8/c1-37-29-11-17(3-5-27(29)35)9-26(20-12-23(33)16-24(34)13-20)25(10-18-7-21(31)15-22(32)8-18)19-4-6-28(36)30(14-19)38-2/h3-9,11-16,25,31-36H,10H2,1-2H3/b26-9-. The van der Waals surface area contributed by atoms with Crippen molar-refractivity contribution in [2.45, 2.75) is 12.3 Å². The van der Waals surface area contributed by atoms with E-state index < -0.39 is 5.92 Å². The molecule has 38 heavy (non-hydrogen) atoms. The Morgan fingerprint density at radius 1 is 0.658 bits per heavy atom.